The summed E-state index contributed by atoms with van der Waals surface area (Å²) < 4.78 is 7.11. The first-order valence-corrected chi connectivity index (χ1v) is 10.8. The highest BCUT2D eigenvalue weighted by molar-refractivity contribution is 6.00. The molecule has 2 amide bonds. The molecule has 4 rings (SSSR count). The van der Waals surface area contributed by atoms with Crippen LogP contribution in [0.4, 0.5) is 11.5 Å². The molecule has 2 aromatic heterocycles. The summed E-state index contributed by atoms with van der Waals surface area (Å²) in [6, 6.07) is 9.12. The number of ether oxygens (including phenoxy) is 1. The van der Waals surface area contributed by atoms with E-state index >= 15 is 0 Å². The van der Waals surface area contributed by atoms with Crippen LogP contribution in [0.1, 0.15) is 18.1 Å². The predicted molar refractivity (Wildman–Crippen MR) is 124 cm³/mol. The second-order valence-electron chi connectivity index (χ2n) is 7.83. The number of nitrogens with zero attached hydrogens (tertiary/aromatic N) is 5. The van der Waals surface area contributed by atoms with Gasteiger partial charge in [0.15, 0.2) is 0 Å². The van der Waals surface area contributed by atoms with Crippen molar-refractivity contribution in [2.75, 3.05) is 37.0 Å². The van der Waals surface area contributed by atoms with Crippen LogP contribution < -0.4 is 20.3 Å². The largest absolute Gasteiger partial charge is 0.497 e. The van der Waals surface area contributed by atoms with Crippen molar-refractivity contribution in [2.45, 2.75) is 20.3 Å². The van der Waals surface area contributed by atoms with Gasteiger partial charge in [0.2, 0.25) is 11.8 Å². The summed E-state index contributed by atoms with van der Waals surface area (Å²) in [5.74, 6) is 2.94. The highest BCUT2D eigenvalue weighted by Crippen LogP contribution is 2.27. The van der Waals surface area contributed by atoms with Gasteiger partial charge in [0, 0.05) is 56.3 Å². The molecule has 3 aromatic rings. The Hall–Kier alpha value is -3.95. The SMILES string of the molecule is COc1cccc(N2C[C@@H](C(=O)NCCNc3cc(-n4ccnc4C)nc(C)n3)CC2=O)c1. The van der Waals surface area contributed by atoms with Crippen LogP contribution in [0, 0.1) is 19.8 Å². The van der Waals surface area contributed by atoms with Crippen LogP contribution in [0.3, 0.4) is 0 Å². The van der Waals surface area contributed by atoms with Gasteiger partial charge in [0.25, 0.3) is 0 Å². The number of carbonyl (C=O) groups excluding carboxylic acids is 2. The lowest BCUT2D eigenvalue weighted by Crippen LogP contribution is -2.35. The predicted octanol–water partition coefficient (Wildman–Crippen LogP) is 1.87. The van der Waals surface area contributed by atoms with Gasteiger partial charge in [-0.3, -0.25) is 14.2 Å². The van der Waals surface area contributed by atoms with E-state index in [-0.39, 0.29) is 24.2 Å². The summed E-state index contributed by atoms with van der Waals surface area (Å²) in [4.78, 5) is 39.8. The molecular weight excluding hydrogens is 422 g/mol. The molecule has 0 radical (unpaired) electrons. The Balaban J connectivity index is 1.29. The van der Waals surface area contributed by atoms with Crippen molar-refractivity contribution in [1.29, 1.82) is 0 Å². The first-order chi connectivity index (χ1) is 15.9. The Kier molecular flexibility index (Phi) is 6.53. The molecule has 0 aliphatic carbocycles. The first kappa shape index (κ1) is 22.3. The number of methoxy groups -OCH3 is 1. The number of carbonyl (C=O) groups is 2. The third kappa shape index (κ3) is 5.11. The summed E-state index contributed by atoms with van der Waals surface area (Å²) in [5.41, 5.74) is 0.736. The first-order valence-electron chi connectivity index (χ1n) is 10.8. The topological polar surface area (TPSA) is 114 Å². The Bertz CT molecular complexity index is 1160. The minimum atomic E-state index is -0.388. The van der Waals surface area contributed by atoms with Gasteiger partial charge < -0.3 is 20.3 Å². The van der Waals surface area contributed by atoms with Crippen molar-refractivity contribution in [2.24, 2.45) is 5.92 Å². The molecule has 0 spiro atoms. The highest BCUT2D eigenvalue weighted by atomic mass is 16.5. The van der Waals surface area contributed by atoms with E-state index in [4.69, 9.17) is 4.74 Å². The van der Waals surface area contributed by atoms with Gasteiger partial charge in [-0.05, 0) is 26.0 Å². The van der Waals surface area contributed by atoms with E-state index in [2.05, 4.69) is 25.6 Å². The Morgan fingerprint density at radius 1 is 1.21 bits per heavy atom. The molecule has 0 saturated carbocycles. The van der Waals surface area contributed by atoms with Gasteiger partial charge in [0.05, 0.1) is 13.0 Å². The number of hydrogen-bond acceptors (Lipinski definition) is 7. The van der Waals surface area contributed by atoms with Gasteiger partial charge >= 0.3 is 0 Å². The fourth-order valence-electron chi connectivity index (χ4n) is 3.82. The second kappa shape index (κ2) is 9.68. The van der Waals surface area contributed by atoms with Crippen molar-refractivity contribution in [3.8, 4) is 11.6 Å². The van der Waals surface area contributed by atoms with E-state index in [1.807, 2.05) is 48.9 Å². The van der Waals surface area contributed by atoms with Gasteiger partial charge in [-0.2, -0.15) is 0 Å². The molecule has 1 atom stereocenters. The molecule has 1 aliphatic heterocycles. The molecule has 33 heavy (non-hydrogen) atoms. The normalized spacial score (nSPS) is 15.5. The van der Waals surface area contributed by atoms with Gasteiger partial charge in [0.1, 0.15) is 29.0 Å². The van der Waals surface area contributed by atoms with Crippen LogP contribution in [-0.4, -0.2) is 58.1 Å². The van der Waals surface area contributed by atoms with E-state index in [0.717, 1.165) is 17.3 Å². The zero-order chi connectivity index (χ0) is 23.4. The third-order valence-corrected chi connectivity index (χ3v) is 5.49. The summed E-state index contributed by atoms with van der Waals surface area (Å²) in [6.45, 7) is 4.98. The molecule has 3 heterocycles. The summed E-state index contributed by atoms with van der Waals surface area (Å²) in [5, 5.41) is 6.13. The zero-order valence-corrected chi connectivity index (χ0v) is 18.9. The van der Waals surface area contributed by atoms with Gasteiger partial charge in [-0.15, -0.1) is 0 Å². The van der Waals surface area contributed by atoms with Gasteiger partial charge in [-0.1, -0.05) is 6.07 Å². The molecule has 172 valence electrons. The standard InChI is InChI=1S/C23H27N7O3/c1-15-27-20(13-21(28-15)29-10-9-24-16(29)2)25-7-8-26-23(32)17-11-22(31)30(14-17)18-5-4-6-19(12-18)33-3/h4-6,9-10,12-13,17H,7-8,11,14H2,1-3H3,(H,26,32)(H,25,27,28)/t17-/m0/s1. The highest BCUT2D eigenvalue weighted by Gasteiger charge is 2.35. The van der Waals surface area contributed by atoms with Crippen molar-refractivity contribution in [3.63, 3.8) is 0 Å². The number of nitrogens with one attached hydrogen (secondary N) is 2. The molecule has 1 aliphatic rings. The fraction of sp³-hybridized carbons (Fsp3) is 0.348. The summed E-state index contributed by atoms with van der Waals surface area (Å²) in [6.07, 6.45) is 3.76. The average molecular weight is 450 g/mol. The molecule has 1 aromatic carbocycles. The maximum absolute atomic E-state index is 12.6. The molecule has 0 bridgehead atoms. The Labute approximate surface area is 192 Å². The van der Waals surface area contributed by atoms with Gasteiger partial charge in [-0.25, -0.2) is 15.0 Å². The van der Waals surface area contributed by atoms with Crippen molar-refractivity contribution in [1.82, 2.24) is 24.8 Å². The number of aromatic nitrogens is 4. The number of aryl methyl sites for hydroxylation is 2. The molecule has 10 heteroatoms. The minimum Gasteiger partial charge on any atom is -0.497 e. The van der Waals surface area contributed by atoms with Crippen molar-refractivity contribution >= 4 is 23.3 Å². The number of anilines is 2. The second-order valence-corrected chi connectivity index (χ2v) is 7.83. The fourth-order valence-corrected chi connectivity index (χ4v) is 3.82. The summed E-state index contributed by atoms with van der Waals surface area (Å²) >= 11 is 0. The molecule has 0 unspecified atom stereocenters. The molecule has 10 nitrogen and oxygen atoms in total. The quantitative estimate of drug-likeness (QED) is 0.505. The Morgan fingerprint density at radius 2 is 2.06 bits per heavy atom. The summed E-state index contributed by atoms with van der Waals surface area (Å²) in [7, 11) is 1.58. The maximum Gasteiger partial charge on any atom is 0.227 e. The molecule has 2 N–H and O–H groups in total. The van der Waals surface area contributed by atoms with Crippen molar-refractivity contribution < 1.29 is 14.3 Å². The minimum absolute atomic E-state index is 0.0692. The number of rotatable bonds is 8. The zero-order valence-electron chi connectivity index (χ0n) is 18.9. The van der Waals surface area contributed by atoms with E-state index in [0.29, 0.717) is 37.0 Å². The number of amides is 2. The maximum atomic E-state index is 12.6. The monoisotopic (exact) mass is 449 g/mol. The van der Waals surface area contributed by atoms with Crippen LogP contribution in [0.25, 0.3) is 5.82 Å². The lowest BCUT2D eigenvalue weighted by Gasteiger charge is -2.17. The van der Waals surface area contributed by atoms with E-state index in [1.165, 1.54) is 0 Å². The third-order valence-electron chi connectivity index (χ3n) is 5.49. The van der Waals surface area contributed by atoms with Crippen molar-refractivity contribution in [3.05, 3.63) is 54.4 Å². The molecular formula is C23H27N7O3. The number of benzene rings is 1. The van der Waals surface area contributed by atoms with Crippen LogP contribution in [0.5, 0.6) is 5.75 Å². The lowest BCUT2D eigenvalue weighted by atomic mass is 10.1. The molecule has 1 saturated heterocycles. The Morgan fingerprint density at radius 3 is 2.82 bits per heavy atom. The van der Waals surface area contributed by atoms with E-state index < -0.39 is 0 Å². The molecule has 1 fully saturated rings. The van der Waals surface area contributed by atoms with Crippen LogP contribution >= 0.6 is 0 Å². The van der Waals surface area contributed by atoms with Crippen LogP contribution in [0.15, 0.2) is 42.7 Å². The number of hydrogen-bond donors (Lipinski definition) is 2. The van der Waals surface area contributed by atoms with E-state index in [1.54, 1.807) is 24.3 Å². The number of imidazole rings is 1. The lowest BCUT2D eigenvalue weighted by molar-refractivity contribution is -0.126. The smallest absolute Gasteiger partial charge is 0.227 e. The van der Waals surface area contributed by atoms with Crippen LogP contribution in [0.2, 0.25) is 0 Å². The van der Waals surface area contributed by atoms with E-state index in [9.17, 15) is 9.59 Å². The average Bonchev–Trinajstić information content (AvgIpc) is 3.41. The van der Waals surface area contributed by atoms with Crippen LogP contribution in [-0.2, 0) is 9.59 Å².